The molecule has 1 nitrogen and oxygen atoms in total. The molecule has 1 aliphatic rings. The van der Waals surface area contributed by atoms with Crippen molar-refractivity contribution in [3.05, 3.63) is 29.1 Å². The highest BCUT2D eigenvalue weighted by Gasteiger charge is 2.18. The van der Waals surface area contributed by atoms with Gasteiger partial charge in [0.2, 0.25) is 0 Å². The maximum atomic E-state index is 13.1. The third-order valence-corrected chi connectivity index (χ3v) is 2.39. The van der Waals surface area contributed by atoms with Crippen molar-refractivity contribution in [3.63, 3.8) is 0 Å². The van der Waals surface area contributed by atoms with Gasteiger partial charge in [0.05, 0.1) is 7.11 Å². The van der Waals surface area contributed by atoms with Crippen molar-refractivity contribution in [2.75, 3.05) is 7.11 Å². The molecule has 0 amide bonds. The van der Waals surface area contributed by atoms with Crippen LogP contribution in [0.3, 0.4) is 0 Å². The fourth-order valence-electron chi connectivity index (χ4n) is 1.82. The first-order valence-corrected chi connectivity index (χ1v) is 4.17. The van der Waals surface area contributed by atoms with E-state index in [2.05, 4.69) is 0 Å². The average molecular weight is 166 g/mol. The minimum Gasteiger partial charge on any atom is -0.493 e. The van der Waals surface area contributed by atoms with E-state index in [0.717, 1.165) is 24.8 Å². The molecule has 0 saturated heterocycles. The highest BCUT2D eigenvalue weighted by Crippen LogP contribution is 2.32. The number of hydrogen-bond acceptors (Lipinski definition) is 1. The number of methoxy groups -OCH3 is 1. The minimum absolute atomic E-state index is 0.238. The Labute approximate surface area is 71.2 Å². The number of ether oxygens (including phenoxy) is 1. The number of aryl methyl sites for hydroxylation is 1. The highest BCUT2D eigenvalue weighted by atomic mass is 19.1. The van der Waals surface area contributed by atoms with Crippen LogP contribution in [0.15, 0.2) is 12.1 Å². The van der Waals surface area contributed by atoms with Crippen molar-refractivity contribution >= 4 is 0 Å². The Morgan fingerprint density at radius 2 is 2.17 bits per heavy atom. The zero-order valence-corrected chi connectivity index (χ0v) is 7.06. The van der Waals surface area contributed by atoms with E-state index in [1.165, 1.54) is 18.7 Å². The third kappa shape index (κ3) is 0.986. The molecule has 2 heteroatoms. The van der Waals surface area contributed by atoms with E-state index < -0.39 is 0 Å². The van der Waals surface area contributed by atoms with Gasteiger partial charge >= 0.3 is 0 Å². The van der Waals surface area contributed by atoms with Crippen LogP contribution >= 0.6 is 0 Å². The van der Waals surface area contributed by atoms with Crippen LogP contribution in [0.2, 0.25) is 0 Å². The third-order valence-electron chi connectivity index (χ3n) is 2.39. The molecule has 0 heterocycles. The van der Waals surface area contributed by atoms with E-state index in [-0.39, 0.29) is 5.82 Å². The van der Waals surface area contributed by atoms with Gasteiger partial charge in [0, 0.05) is 5.56 Å². The molecule has 64 valence electrons. The van der Waals surface area contributed by atoms with Gasteiger partial charge in [-0.1, -0.05) is 6.07 Å². The molecule has 0 N–H and O–H groups in total. The zero-order chi connectivity index (χ0) is 8.55. The minimum atomic E-state index is -0.238. The predicted molar refractivity (Wildman–Crippen MR) is 45.0 cm³/mol. The second kappa shape index (κ2) is 2.77. The molecule has 12 heavy (non-hydrogen) atoms. The van der Waals surface area contributed by atoms with E-state index in [1.807, 2.05) is 6.07 Å². The lowest BCUT2D eigenvalue weighted by Crippen LogP contribution is -1.94. The van der Waals surface area contributed by atoms with Gasteiger partial charge in [0.1, 0.15) is 0 Å². The van der Waals surface area contributed by atoms with E-state index >= 15 is 0 Å². The molecule has 0 spiro atoms. The smallest absolute Gasteiger partial charge is 0.165 e. The van der Waals surface area contributed by atoms with Crippen molar-refractivity contribution in [1.82, 2.24) is 0 Å². The summed E-state index contributed by atoms with van der Waals surface area (Å²) in [5, 5.41) is 0. The average Bonchev–Trinajstić information content (AvgIpc) is 2.52. The number of fused-ring (bicyclic) bond motifs is 1. The van der Waals surface area contributed by atoms with Crippen LogP contribution in [0.5, 0.6) is 5.75 Å². The Balaban J connectivity index is 2.57. The monoisotopic (exact) mass is 166 g/mol. The maximum Gasteiger partial charge on any atom is 0.165 e. The summed E-state index contributed by atoms with van der Waals surface area (Å²) in [5.74, 6) is 0.211. The Bertz CT molecular complexity index is 307. The van der Waals surface area contributed by atoms with Gasteiger partial charge < -0.3 is 4.74 Å². The fourth-order valence-corrected chi connectivity index (χ4v) is 1.82. The largest absolute Gasteiger partial charge is 0.493 e. The molecule has 0 aromatic heterocycles. The van der Waals surface area contributed by atoms with Gasteiger partial charge in [-0.3, -0.25) is 0 Å². The van der Waals surface area contributed by atoms with Gasteiger partial charge in [-0.05, 0) is 30.9 Å². The number of hydrogen-bond donors (Lipinski definition) is 0. The summed E-state index contributed by atoms with van der Waals surface area (Å²) >= 11 is 0. The Morgan fingerprint density at radius 3 is 2.92 bits per heavy atom. The normalized spacial score (nSPS) is 14.5. The Hall–Kier alpha value is -1.05. The summed E-state index contributed by atoms with van der Waals surface area (Å²) in [5.41, 5.74) is 2.31. The van der Waals surface area contributed by atoms with Crippen LogP contribution in [-0.2, 0) is 12.8 Å². The fraction of sp³-hybridized carbons (Fsp3) is 0.400. The van der Waals surface area contributed by atoms with Crippen LogP contribution in [0.4, 0.5) is 4.39 Å². The first kappa shape index (κ1) is 7.59. The SMILES string of the molecule is COc1c(F)ccc2c1CCC2. The molecule has 1 aliphatic carbocycles. The van der Waals surface area contributed by atoms with Crippen LogP contribution in [0, 0.1) is 5.82 Å². The lowest BCUT2D eigenvalue weighted by Gasteiger charge is -2.07. The summed E-state index contributed by atoms with van der Waals surface area (Å²) in [4.78, 5) is 0. The van der Waals surface area contributed by atoms with Crippen LogP contribution in [0.1, 0.15) is 17.5 Å². The summed E-state index contributed by atoms with van der Waals surface area (Å²) < 4.78 is 18.1. The molecular weight excluding hydrogens is 155 g/mol. The summed E-state index contributed by atoms with van der Waals surface area (Å²) in [6, 6.07) is 3.35. The topological polar surface area (TPSA) is 9.23 Å². The highest BCUT2D eigenvalue weighted by molar-refractivity contribution is 5.43. The van der Waals surface area contributed by atoms with Gasteiger partial charge in [-0.15, -0.1) is 0 Å². The van der Waals surface area contributed by atoms with Gasteiger partial charge in [-0.2, -0.15) is 0 Å². The van der Waals surface area contributed by atoms with Crippen molar-refractivity contribution in [2.45, 2.75) is 19.3 Å². The number of rotatable bonds is 1. The van der Waals surface area contributed by atoms with Gasteiger partial charge in [0.15, 0.2) is 11.6 Å². The number of halogens is 1. The van der Waals surface area contributed by atoms with Gasteiger partial charge in [0.25, 0.3) is 0 Å². The maximum absolute atomic E-state index is 13.1. The molecule has 0 radical (unpaired) electrons. The van der Waals surface area contributed by atoms with E-state index in [1.54, 1.807) is 0 Å². The molecule has 1 aromatic rings. The van der Waals surface area contributed by atoms with Gasteiger partial charge in [-0.25, -0.2) is 4.39 Å². The molecule has 0 fully saturated rings. The first-order chi connectivity index (χ1) is 5.83. The molecule has 0 unspecified atom stereocenters. The van der Waals surface area contributed by atoms with E-state index in [0.29, 0.717) is 5.75 Å². The van der Waals surface area contributed by atoms with Crippen molar-refractivity contribution in [2.24, 2.45) is 0 Å². The second-order valence-electron chi connectivity index (χ2n) is 3.07. The Morgan fingerprint density at radius 1 is 1.33 bits per heavy atom. The summed E-state index contributed by atoms with van der Waals surface area (Å²) in [6.07, 6.45) is 3.14. The first-order valence-electron chi connectivity index (χ1n) is 4.17. The molecule has 0 bridgehead atoms. The number of benzene rings is 1. The van der Waals surface area contributed by atoms with Crippen LogP contribution in [0.25, 0.3) is 0 Å². The Kier molecular flexibility index (Phi) is 1.75. The van der Waals surface area contributed by atoms with E-state index in [4.69, 9.17) is 4.74 Å². The molecule has 0 aliphatic heterocycles. The predicted octanol–water partition coefficient (Wildman–Crippen LogP) is 2.32. The molecule has 0 atom stereocenters. The molecule has 1 aromatic carbocycles. The van der Waals surface area contributed by atoms with Crippen molar-refractivity contribution in [3.8, 4) is 5.75 Å². The summed E-state index contributed by atoms with van der Waals surface area (Å²) in [6.45, 7) is 0. The quantitative estimate of drug-likeness (QED) is 0.622. The van der Waals surface area contributed by atoms with Crippen LogP contribution < -0.4 is 4.74 Å². The van der Waals surface area contributed by atoms with Crippen molar-refractivity contribution in [1.29, 1.82) is 0 Å². The molecule has 2 rings (SSSR count). The lowest BCUT2D eigenvalue weighted by molar-refractivity contribution is 0.382. The molecule has 0 saturated carbocycles. The second-order valence-corrected chi connectivity index (χ2v) is 3.07. The van der Waals surface area contributed by atoms with E-state index in [9.17, 15) is 4.39 Å². The molecular formula is C10H11FO. The zero-order valence-electron chi connectivity index (χ0n) is 7.06. The van der Waals surface area contributed by atoms with Crippen molar-refractivity contribution < 1.29 is 9.13 Å². The standard InChI is InChI=1S/C10H11FO/c1-12-10-8-4-2-3-7(8)5-6-9(10)11/h5-6H,2-4H2,1H3. The van der Waals surface area contributed by atoms with Crippen LogP contribution in [-0.4, -0.2) is 7.11 Å². The summed E-state index contributed by atoms with van der Waals surface area (Å²) in [7, 11) is 1.52. The lowest BCUT2D eigenvalue weighted by atomic mass is 10.1.